The van der Waals surface area contributed by atoms with E-state index in [0.29, 0.717) is 23.3 Å². The lowest BCUT2D eigenvalue weighted by molar-refractivity contribution is -0.116. The molecule has 2 amide bonds. The van der Waals surface area contributed by atoms with Crippen LogP contribution in [0.1, 0.15) is 18.9 Å². The smallest absolute Gasteiger partial charge is 0.228 e. The van der Waals surface area contributed by atoms with Gasteiger partial charge in [0.05, 0.1) is 6.42 Å². The van der Waals surface area contributed by atoms with Gasteiger partial charge in [-0.1, -0.05) is 13.0 Å². The van der Waals surface area contributed by atoms with Crippen LogP contribution in [0.3, 0.4) is 0 Å². The Bertz CT molecular complexity index is 933. The van der Waals surface area contributed by atoms with Gasteiger partial charge in [-0.15, -0.1) is 0 Å². The Kier molecular flexibility index (Phi) is 4.79. The average Bonchev–Trinajstić information content (AvgIpc) is 2.96. The number of rotatable bonds is 5. The molecule has 128 valence electrons. The maximum absolute atomic E-state index is 13.2. The van der Waals surface area contributed by atoms with Crippen LogP contribution >= 0.6 is 0 Å². The lowest BCUT2D eigenvalue weighted by Crippen LogP contribution is -2.15. The molecule has 0 saturated heterocycles. The largest absolute Gasteiger partial charge is 0.361 e. The zero-order valence-corrected chi connectivity index (χ0v) is 13.7. The highest BCUT2D eigenvalue weighted by Gasteiger charge is 2.10. The van der Waals surface area contributed by atoms with Crippen molar-refractivity contribution in [1.29, 1.82) is 0 Å². The van der Waals surface area contributed by atoms with Gasteiger partial charge in [-0.25, -0.2) is 4.39 Å². The molecule has 3 rings (SSSR count). The number of hydrogen-bond acceptors (Lipinski definition) is 2. The summed E-state index contributed by atoms with van der Waals surface area (Å²) in [6.45, 7) is 1.77. The van der Waals surface area contributed by atoms with Gasteiger partial charge in [0, 0.05) is 34.9 Å². The Morgan fingerprint density at radius 2 is 1.76 bits per heavy atom. The number of fused-ring (bicyclic) bond motifs is 1. The quantitative estimate of drug-likeness (QED) is 0.661. The number of anilines is 2. The van der Waals surface area contributed by atoms with Crippen molar-refractivity contribution < 1.29 is 14.0 Å². The first-order valence-electron chi connectivity index (χ1n) is 8.00. The average molecular weight is 339 g/mol. The topological polar surface area (TPSA) is 74.0 Å². The third-order valence-electron chi connectivity index (χ3n) is 3.83. The van der Waals surface area contributed by atoms with E-state index in [1.165, 1.54) is 12.1 Å². The molecule has 5 nitrogen and oxygen atoms in total. The highest BCUT2D eigenvalue weighted by atomic mass is 19.1. The molecule has 3 aromatic rings. The molecule has 0 aliphatic rings. The molecule has 0 saturated carbocycles. The van der Waals surface area contributed by atoms with Gasteiger partial charge >= 0.3 is 0 Å². The lowest BCUT2D eigenvalue weighted by Gasteiger charge is -2.08. The zero-order valence-electron chi connectivity index (χ0n) is 13.7. The number of nitrogens with one attached hydrogen (secondary N) is 3. The predicted molar refractivity (Wildman–Crippen MR) is 96.0 cm³/mol. The summed E-state index contributed by atoms with van der Waals surface area (Å²) < 4.78 is 13.2. The standard InChI is InChI=1S/C19H18FN3O2/c1-2-18(24)22-14-4-3-5-15(10-14)23-19(25)8-12-11-21-17-9-13(20)6-7-16(12)17/h3-7,9-11,21H,2,8H2,1H3,(H,22,24)(H,23,25). The van der Waals surface area contributed by atoms with E-state index < -0.39 is 0 Å². The van der Waals surface area contributed by atoms with E-state index in [9.17, 15) is 14.0 Å². The fourth-order valence-corrected chi connectivity index (χ4v) is 2.61. The van der Waals surface area contributed by atoms with Crippen molar-refractivity contribution in [2.75, 3.05) is 10.6 Å². The number of carbonyl (C=O) groups is 2. The molecule has 0 unspecified atom stereocenters. The molecular formula is C19H18FN3O2. The minimum Gasteiger partial charge on any atom is -0.361 e. The normalized spacial score (nSPS) is 10.6. The van der Waals surface area contributed by atoms with E-state index in [2.05, 4.69) is 15.6 Å². The molecule has 0 aliphatic heterocycles. The van der Waals surface area contributed by atoms with Gasteiger partial charge in [-0.05, 0) is 42.0 Å². The van der Waals surface area contributed by atoms with Gasteiger partial charge in [-0.2, -0.15) is 0 Å². The van der Waals surface area contributed by atoms with Crippen LogP contribution < -0.4 is 10.6 Å². The van der Waals surface area contributed by atoms with Gasteiger partial charge in [0.1, 0.15) is 5.82 Å². The molecule has 0 fully saturated rings. The molecule has 0 aliphatic carbocycles. The van der Waals surface area contributed by atoms with Gasteiger partial charge in [0.2, 0.25) is 11.8 Å². The molecular weight excluding hydrogens is 321 g/mol. The molecule has 0 bridgehead atoms. The number of amides is 2. The van der Waals surface area contributed by atoms with E-state index in [4.69, 9.17) is 0 Å². The summed E-state index contributed by atoms with van der Waals surface area (Å²) in [5.41, 5.74) is 2.69. The second-order valence-electron chi connectivity index (χ2n) is 5.71. The molecule has 0 radical (unpaired) electrons. The molecule has 3 N–H and O–H groups in total. The number of halogens is 1. The molecule has 1 aromatic heterocycles. The molecule has 6 heteroatoms. The van der Waals surface area contributed by atoms with Crippen molar-refractivity contribution in [3.63, 3.8) is 0 Å². The number of aromatic amines is 1. The first-order valence-corrected chi connectivity index (χ1v) is 8.00. The molecule has 25 heavy (non-hydrogen) atoms. The summed E-state index contributed by atoms with van der Waals surface area (Å²) >= 11 is 0. The minimum absolute atomic E-state index is 0.0884. The van der Waals surface area contributed by atoms with Crippen LogP contribution in [-0.4, -0.2) is 16.8 Å². The van der Waals surface area contributed by atoms with Crippen molar-refractivity contribution >= 4 is 34.1 Å². The van der Waals surface area contributed by atoms with Crippen LogP contribution in [0.15, 0.2) is 48.7 Å². The number of hydrogen-bond donors (Lipinski definition) is 3. The summed E-state index contributed by atoms with van der Waals surface area (Å²) in [5.74, 6) is -0.602. The van der Waals surface area contributed by atoms with Crippen molar-refractivity contribution in [2.24, 2.45) is 0 Å². The summed E-state index contributed by atoms with van der Waals surface area (Å²) in [6.07, 6.45) is 2.26. The Hall–Kier alpha value is -3.15. The first-order chi connectivity index (χ1) is 12.0. The third-order valence-corrected chi connectivity index (χ3v) is 3.83. The van der Waals surface area contributed by atoms with Crippen molar-refractivity contribution in [3.8, 4) is 0 Å². The van der Waals surface area contributed by atoms with Crippen LogP contribution in [0.25, 0.3) is 10.9 Å². The summed E-state index contributed by atoms with van der Waals surface area (Å²) in [7, 11) is 0. The summed E-state index contributed by atoms with van der Waals surface area (Å²) in [4.78, 5) is 26.7. The monoisotopic (exact) mass is 339 g/mol. The van der Waals surface area contributed by atoms with Crippen LogP contribution in [0, 0.1) is 5.82 Å². The predicted octanol–water partition coefficient (Wildman–Crippen LogP) is 3.84. The Labute approximate surface area is 144 Å². The van der Waals surface area contributed by atoms with Crippen LogP contribution in [-0.2, 0) is 16.0 Å². The third kappa shape index (κ3) is 4.03. The minimum atomic E-state index is -0.323. The lowest BCUT2D eigenvalue weighted by atomic mass is 10.1. The van der Waals surface area contributed by atoms with E-state index in [-0.39, 0.29) is 24.1 Å². The number of aromatic nitrogens is 1. The molecule has 0 spiro atoms. The van der Waals surface area contributed by atoms with E-state index >= 15 is 0 Å². The number of H-pyrrole nitrogens is 1. The SMILES string of the molecule is CCC(=O)Nc1cccc(NC(=O)Cc2c[nH]c3cc(F)ccc23)c1. The van der Waals surface area contributed by atoms with Gasteiger partial charge in [0.25, 0.3) is 0 Å². The van der Waals surface area contributed by atoms with Crippen molar-refractivity contribution in [2.45, 2.75) is 19.8 Å². The second kappa shape index (κ2) is 7.17. The fraction of sp³-hybridized carbons (Fsp3) is 0.158. The molecule has 0 atom stereocenters. The Morgan fingerprint density at radius 3 is 2.48 bits per heavy atom. The van der Waals surface area contributed by atoms with Crippen LogP contribution in [0.4, 0.5) is 15.8 Å². The van der Waals surface area contributed by atoms with Gasteiger partial charge < -0.3 is 15.6 Å². The maximum Gasteiger partial charge on any atom is 0.228 e. The van der Waals surface area contributed by atoms with E-state index in [0.717, 1.165) is 10.9 Å². The Morgan fingerprint density at radius 1 is 1.04 bits per heavy atom. The van der Waals surface area contributed by atoms with Gasteiger partial charge in [-0.3, -0.25) is 9.59 Å². The molecule has 1 heterocycles. The first kappa shape index (κ1) is 16.7. The van der Waals surface area contributed by atoms with Gasteiger partial charge in [0.15, 0.2) is 0 Å². The van der Waals surface area contributed by atoms with Crippen molar-refractivity contribution in [1.82, 2.24) is 4.98 Å². The maximum atomic E-state index is 13.2. The highest BCUT2D eigenvalue weighted by molar-refractivity contribution is 5.97. The zero-order chi connectivity index (χ0) is 17.8. The Balaban J connectivity index is 1.70. The summed E-state index contributed by atoms with van der Waals surface area (Å²) in [5, 5.41) is 6.38. The number of carbonyl (C=O) groups excluding carboxylic acids is 2. The van der Waals surface area contributed by atoms with Crippen molar-refractivity contribution in [3.05, 3.63) is 60.0 Å². The summed E-state index contributed by atoms with van der Waals surface area (Å²) in [6, 6.07) is 11.4. The van der Waals surface area contributed by atoms with E-state index in [1.54, 1.807) is 43.5 Å². The van der Waals surface area contributed by atoms with Crippen LogP contribution in [0.5, 0.6) is 0 Å². The van der Waals surface area contributed by atoms with Crippen LogP contribution in [0.2, 0.25) is 0 Å². The molecule has 2 aromatic carbocycles. The van der Waals surface area contributed by atoms with E-state index in [1.807, 2.05) is 0 Å². The second-order valence-corrected chi connectivity index (χ2v) is 5.71. The highest BCUT2D eigenvalue weighted by Crippen LogP contribution is 2.21. The fourth-order valence-electron chi connectivity index (χ4n) is 2.61. The number of benzene rings is 2.